The Kier molecular flexibility index (Phi) is 6.16. The van der Waals surface area contributed by atoms with Crippen molar-refractivity contribution in [1.29, 1.82) is 0 Å². The van der Waals surface area contributed by atoms with Gasteiger partial charge in [0.2, 0.25) is 5.91 Å². The van der Waals surface area contributed by atoms with Crippen LogP contribution in [0.5, 0.6) is 0 Å². The van der Waals surface area contributed by atoms with Gasteiger partial charge in [-0.1, -0.05) is 41.8 Å². The fourth-order valence-electron chi connectivity index (χ4n) is 1.46. The van der Waals surface area contributed by atoms with Gasteiger partial charge in [0.15, 0.2) is 8.68 Å². The maximum Gasteiger partial charge on any atom is 0.237 e. The van der Waals surface area contributed by atoms with Gasteiger partial charge in [-0.15, -0.1) is 10.2 Å². The highest BCUT2D eigenvalue weighted by Crippen LogP contribution is 2.31. The molecule has 1 heterocycles. The molecule has 0 radical (unpaired) electrons. The molecule has 1 atom stereocenters. The SMILES string of the molecule is CCSc1nnc(S[C@H](C)C(=O)Nc2ccc(F)cc2F)s1. The minimum Gasteiger partial charge on any atom is -0.323 e. The lowest BCUT2D eigenvalue weighted by atomic mass is 10.3. The van der Waals surface area contributed by atoms with Gasteiger partial charge in [0, 0.05) is 6.07 Å². The Labute approximate surface area is 139 Å². The zero-order valence-corrected chi connectivity index (χ0v) is 14.2. The zero-order chi connectivity index (χ0) is 16.1. The average Bonchev–Trinajstić information content (AvgIpc) is 2.89. The van der Waals surface area contributed by atoms with Crippen LogP contribution in [0.2, 0.25) is 0 Å². The highest BCUT2D eigenvalue weighted by molar-refractivity contribution is 8.03. The summed E-state index contributed by atoms with van der Waals surface area (Å²) in [5, 5.41) is 9.97. The third kappa shape index (κ3) is 4.65. The first kappa shape index (κ1) is 17.2. The van der Waals surface area contributed by atoms with Crippen LogP contribution in [0.25, 0.3) is 0 Å². The van der Waals surface area contributed by atoms with E-state index in [1.807, 2.05) is 6.92 Å². The summed E-state index contributed by atoms with van der Waals surface area (Å²) in [5.74, 6) is -0.967. The van der Waals surface area contributed by atoms with E-state index >= 15 is 0 Å². The maximum atomic E-state index is 13.5. The average molecular weight is 361 g/mol. The Balaban J connectivity index is 1.96. The molecule has 0 spiro atoms. The molecule has 0 unspecified atom stereocenters. The van der Waals surface area contributed by atoms with Crippen molar-refractivity contribution in [3.05, 3.63) is 29.8 Å². The van der Waals surface area contributed by atoms with Crippen molar-refractivity contribution in [3.63, 3.8) is 0 Å². The first-order valence-electron chi connectivity index (χ1n) is 6.38. The Bertz CT molecular complexity index is 666. The quantitative estimate of drug-likeness (QED) is 0.787. The lowest BCUT2D eigenvalue weighted by Crippen LogP contribution is -2.22. The number of nitrogens with zero attached hydrogens (tertiary/aromatic N) is 2. The first-order chi connectivity index (χ1) is 10.5. The second kappa shape index (κ2) is 7.89. The van der Waals surface area contributed by atoms with Crippen LogP contribution in [0.4, 0.5) is 14.5 Å². The lowest BCUT2D eigenvalue weighted by Gasteiger charge is -2.10. The van der Waals surface area contributed by atoms with Crippen LogP contribution in [-0.2, 0) is 4.79 Å². The zero-order valence-electron chi connectivity index (χ0n) is 11.8. The van der Waals surface area contributed by atoms with E-state index < -0.39 is 16.9 Å². The standard InChI is InChI=1S/C13H13F2N3OS3/c1-3-20-12-17-18-13(22-12)21-7(2)11(19)16-10-5-4-8(14)6-9(10)15/h4-7H,3H2,1-2H3,(H,16,19)/t7-/m1/s1. The van der Waals surface area contributed by atoms with Crippen LogP contribution >= 0.6 is 34.9 Å². The number of benzene rings is 1. The molecule has 0 fully saturated rings. The third-order valence-corrected chi connectivity index (χ3v) is 5.61. The summed E-state index contributed by atoms with van der Waals surface area (Å²) in [6.45, 7) is 3.71. The molecule has 2 rings (SSSR count). The van der Waals surface area contributed by atoms with Crippen molar-refractivity contribution >= 4 is 46.5 Å². The number of nitrogens with one attached hydrogen (secondary N) is 1. The van der Waals surface area contributed by atoms with Crippen molar-refractivity contribution in [1.82, 2.24) is 10.2 Å². The molecule has 0 aliphatic carbocycles. The lowest BCUT2D eigenvalue weighted by molar-refractivity contribution is -0.115. The largest absolute Gasteiger partial charge is 0.323 e. The van der Waals surface area contributed by atoms with Crippen LogP contribution < -0.4 is 5.32 Å². The van der Waals surface area contributed by atoms with E-state index in [1.165, 1.54) is 29.2 Å². The van der Waals surface area contributed by atoms with E-state index in [-0.39, 0.29) is 11.6 Å². The number of rotatable bonds is 6. The van der Waals surface area contributed by atoms with Gasteiger partial charge in [0.1, 0.15) is 11.6 Å². The highest BCUT2D eigenvalue weighted by Gasteiger charge is 2.18. The highest BCUT2D eigenvalue weighted by atomic mass is 32.2. The molecule has 1 aromatic carbocycles. The summed E-state index contributed by atoms with van der Waals surface area (Å²) in [6.07, 6.45) is 0. The summed E-state index contributed by atoms with van der Waals surface area (Å²) in [6, 6.07) is 3.02. The molecule has 0 aliphatic rings. The minimum atomic E-state index is -0.803. The van der Waals surface area contributed by atoms with E-state index in [0.29, 0.717) is 4.34 Å². The van der Waals surface area contributed by atoms with Crippen molar-refractivity contribution in [2.45, 2.75) is 27.8 Å². The van der Waals surface area contributed by atoms with E-state index in [0.717, 1.165) is 22.2 Å². The van der Waals surface area contributed by atoms with Gasteiger partial charge in [0.05, 0.1) is 10.9 Å². The fourth-order valence-corrected chi connectivity index (χ4v) is 4.52. The van der Waals surface area contributed by atoms with E-state index in [4.69, 9.17) is 0 Å². The van der Waals surface area contributed by atoms with Gasteiger partial charge >= 0.3 is 0 Å². The molecule has 9 heteroatoms. The van der Waals surface area contributed by atoms with Gasteiger partial charge in [-0.2, -0.15) is 0 Å². The second-order valence-electron chi connectivity index (χ2n) is 4.14. The molecular weight excluding hydrogens is 348 g/mol. The van der Waals surface area contributed by atoms with Crippen LogP contribution in [-0.4, -0.2) is 27.1 Å². The topological polar surface area (TPSA) is 54.9 Å². The van der Waals surface area contributed by atoms with Crippen molar-refractivity contribution < 1.29 is 13.6 Å². The number of hydrogen-bond acceptors (Lipinski definition) is 6. The van der Waals surface area contributed by atoms with Crippen LogP contribution in [0, 0.1) is 11.6 Å². The van der Waals surface area contributed by atoms with Crippen LogP contribution in [0.15, 0.2) is 26.9 Å². The molecule has 0 aliphatic heterocycles. The van der Waals surface area contributed by atoms with E-state index in [1.54, 1.807) is 18.7 Å². The molecule has 4 nitrogen and oxygen atoms in total. The number of anilines is 1. The number of thioether (sulfide) groups is 2. The normalized spacial score (nSPS) is 12.2. The molecule has 118 valence electrons. The Hall–Kier alpha value is -1.19. The molecule has 0 saturated carbocycles. The summed E-state index contributed by atoms with van der Waals surface area (Å²) in [7, 11) is 0. The molecule has 1 N–H and O–H groups in total. The number of hydrogen-bond donors (Lipinski definition) is 1. The molecule has 0 bridgehead atoms. The predicted molar refractivity (Wildman–Crippen MR) is 86.6 cm³/mol. The summed E-state index contributed by atoms with van der Waals surface area (Å²) in [5.41, 5.74) is -0.0432. The smallest absolute Gasteiger partial charge is 0.237 e. The molecule has 0 saturated heterocycles. The van der Waals surface area contributed by atoms with Gasteiger partial charge in [-0.25, -0.2) is 8.78 Å². The molecule has 1 aromatic heterocycles. The molecular formula is C13H13F2N3OS3. The summed E-state index contributed by atoms with van der Waals surface area (Å²) < 4.78 is 27.9. The number of aromatic nitrogens is 2. The van der Waals surface area contributed by atoms with Gasteiger partial charge in [-0.05, 0) is 24.8 Å². The first-order valence-corrected chi connectivity index (χ1v) is 9.06. The molecule has 2 aromatic rings. The molecule has 22 heavy (non-hydrogen) atoms. The number of carbonyl (C=O) groups excluding carboxylic acids is 1. The van der Waals surface area contributed by atoms with Crippen molar-refractivity contribution in [3.8, 4) is 0 Å². The van der Waals surface area contributed by atoms with Crippen molar-refractivity contribution in [2.75, 3.05) is 11.1 Å². The Morgan fingerprint density at radius 3 is 2.77 bits per heavy atom. The number of halogens is 2. The minimum absolute atomic E-state index is 0.0432. The second-order valence-corrected chi connectivity index (χ2v) is 8.22. The van der Waals surface area contributed by atoms with Gasteiger partial charge in [-0.3, -0.25) is 4.79 Å². The van der Waals surface area contributed by atoms with Crippen LogP contribution in [0.1, 0.15) is 13.8 Å². The van der Waals surface area contributed by atoms with E-state index in [2.05, 4.69) is 15.5 Å². The number of amides is 1. The van der Waals surface area contributed by atoms with Gasteiger partial charge < -0.3 is 5.32 Å². The van der Waals surface area contributed by atoms with Crippen LogP contribution in [0.3, 0.4) is 0 Å². The fraction of sp³-hybridized carbons (Fsp3) is 0.308. The Morgan fingerprint density at radius 2 is 2.09 bits per heavy atom. The predicted octanol–water partition coefficient (Wildman–Crippen LogP) is 4.05. The number of carbonyl (C=O) groups is 1. The monoisotopic (exact) mass is 361 g/mol. The summed E-state index contributed by atoms with van der Waals surface area (Å²) >= 11 is 4.25. The third-order valence-electron chi connectivity index (χ3n) is 2.49. The molecule has 1 amide bonds. The summed E-state index contributed by atoms with van der Waals surface area (Å²) in [4.78, 5) is 12.0. The van der Waals surface area contributed by atoms with E-state index in [9.17, 15) is 13.6 Å². The van der Waals surface area contributed by atoms with Gasteiger partial charge in [0.25, 0.3) is 0 Å². The van der Waals surface area contributed by atoms with Crippen molar-refractivity contribution in [2.24, 2.45) is 0 Å². The Morgan fingerprint density at radius 1 is 1.36 bits per heavy atom. The maximum absolute atomic E-state index is 13.5.